The van der Waals surface area contributed by atoms with Crippen LogP contribution in [-0.4, -0.2) is 43.3 Å². The molecule has 0 atom stereocenters. The summed E-state index contributed by atoms with van der Waals surface area (Å²) in [6.07, 6.45) is 1.66. The molecule has 0 fully saturated rings. The lowest BCUT2D eigenvalue weighted by molar-refractivity contribution is -0.123. The number of hydrogen-bond acceptors (Lipinski definition) is 5. The fourth-order valence-corrected chi connectivity index (χ4v) is 3.77. The van der Waals surface area contributed by atoms with E-state index in [0.29, 0.717) is 25.4 Å². The molecule has 0 radical (unpaired) electrons. The third kappa shape index (κ3) is 5.27. The fourth-order valence-electron chi connectivity index (χ4n) is 2.31. The van der Waals surface area contributed by atoms with Gasteiger partial charge in [0.05, 0.1) is 17.1 Å². The predicted octanol–water partition coefficient (Wildman–Crippen LogP) is 1.81. The topological polar surface area (TPSA) is 88.6 Å². The first-order chi connectivity index (χ1) is 12.5. The average Bonchev–Trinajstić information content (AvgIpc) is 2.66. The zero-order valence-corrected chi connectivity index (χ0v) is 15.7. The van der Waals surface area contributed by atoms with E-state index in [4.69, 9.17) is 4.74 Å². The van der Waals surface area contributed by atoms with Crippen molar-refractivity contribution < 1.29 is 17.9 Å². The van der Waals surface area contributed by atoms with Gasteiger partial charge in [-0.25, -0.2) is 8.42 Å². The quantitative estimate of drug-likeness (QED) is 0.720. The predicted molar refractivity (Wildman–Crippen MR) is 98.1 cm³/mol. The third-order valence-electron chi connectivity index (χ3n) is 3.73. The van der Waals surface area contributed by atoms with Crippen LogP contribution in [-0.2, 0) is 21.4 Å². The van der Waals surface area contributed by atoms with Gasteiger partial charge in [0, 0.05) is 19.3 Å². The van der Waals surface area contributed by atoms with Crippen molar-refractivity contribution in [2.45, 2.75) is 25.3 Å². The number of hydrogen-bond donors (Lipinski definition) is 1. The zero-order valence-electron chi connectivity index (χ0n) is 14.9. The van der Waals surface area contributed by atoms with Crippen molar-refractivity contribution in [1.82, 2.24) is 14.6 Å². The summed E-state index contributed by atoms with van der Waals surface area (Å²) in [4.78, 5) is 16.1. The second-order valence-corrected chi connectivity index (χ2v) is 7.39. The van der Waals surface area contributed by atoms with Crippen molar-refractivity contribution in [3.63, 3.8) is 0 Å². The summed E-state index contributed by atoms with van der Waals surface area (Å²) >= 11 is 0. The molecule has 1 aromatic carbocycles. The second-order valence-electron chi connectivity index (χ2n) is 5.45. The van der Waals surface area contributed by atoms with Gasteiger partial charge in [0.1, 0.15) is 5.75 Å². The molecule has 1 heterocycles. The molecule has 1 amide bonds. The van der Waals surface area contributed by atoms with Crippen molar-refractivity contribution in [1.29, 1.82) is 0 Å². The standard InChI is InChI=1S/C18H23N3O4S/c1-3-21(4-2)26(23,24)17-10-8-16(9-11-17)25-14-18(22)20-13-15-7-5-6-12-19-15/h5-12H,3-4,13-14H2,1-2H3,(H,20,22). The second kappa shape index (κ2) is 9.30. The van der Waals surface area contributed by atoms with Crippen LogP contribution in [0.5, 0.6) is 5.75 Å². The minimum atomic E-state index is -3.50. The molecule has 0 bridgehead atoms. The molecule has 0 aliphatic heterocycles. The Hall–Kier alpha value is -2.45. The van der Waals surface area contributed by atoms with Crippen LogP contribution in [0, 0.1) is 0 Å². The zero-order chi connectivity index (χ0) is 19.0. The highest BCUT2D eigenvalue weighted by Gasteiger charge is 2.21. The summed E-state index contributed by atoms with van der Waals surface area (Å²) in [6.45, 7) is 4.57. The van der Waals surface area contributed by atoms with Crippen molar-refractivity contribution in [2.75, 3.05) is 19.7 Å². The Morgan fingerprint density at radius 2 is 1.81 bits per heavy atom. The van der Waals surface area contributed by atoms with Crippen LogP contribution in [0.3, 0.4) is 0 Å². The number of sulfonamides is 1. The van der Waals surface area contributed by atoms with E-state index in [1.54, 1.807) is 38.2 Å². The minimum absolute atomic E-state index is 0.158. The van der Waals surface area contributed by atoms with Gasteiger partial charge in [-0.05, 0) is 36.4 Å². The molecule has 8 heteroatoms. The summed E-state index contributed by atoms with van der Waals surface area (Å²) in [5.41, 5.74) is 0.756. The van der Waals surface area contributed by atoms with Gasteiger partial charge in [-0.15, -0.1) is 0 Å². The Morgan fingerprint density at radius 3 is 2.38 bits per heavy atom. The molecule has 140 valence electrons. The number of pyridine rings is 1. The summed E-state index contributed by atoms with van der Waals surface area (Å²) in [5.74, 6) is 0.145. The number of carbonyl (C=O) groups excluding carboxylic acids is 1. The van der Waals surface area contributed by atoms with Crippen LogP contribution in [0.25, 0.3) is 0 Å². The molecule has 0 unspecified atom stereocenters. The summed E-state index contributed by atoms with van der Waals surface area (Å²) in [6, 6.07) is 11.5. The molecule has 2 aromatic rings. The number of nitrogens with one attached hydrogen (secondary N) is 1. The Labute approximate surface area is 154 Å². The lowest BCUT2D eigenvalue weighted by atomic mass is 10.3. The SMILES string of the molecule is CCN(CC)S(=O)(=O)c1ccc(OCC(=O)NCc2ccccn2)cc1. The van der Waals surface area contributed by atoms with Crippen LogP contribution in [0.4, 0.5) is 0 Å². The lowest BCUT2D eigenvalue weighted by Gasteiger charge is -2.18. The molecule has 1 aromatic heterocycles. The van der Waals surface area contributed by atoms with Gasteiger partial charge in [-0.1, -0.05) is 19.9 Å². The van der Waals surface area contributed by atoms with Gasteiger partial charge >= 0.3 is 0 Å². The molecule has 0 saturated carbocycles. The first kappa shape index (κ1) is 19.9. The van der Waals surface area contributed by atoms with E-state index in [1.165, 1.54) is 16.4 Å². The summed E-state index contributed by atoms with van der Waals surface area (Å²) in [5, 5.41) is 2.71. The van der Waals surface area contributed by atoms with Crippen molar-refractivity contribution in [3.05, 3.63) is 54.4 Å². The van der Waals surface area contributed by atoms with Crippen molar-refractivity contribution in [3.8, 4) is 5.75 Å². The van der Waals surface area contributed by atoms with E-state index >= 15 is 0 Å². The van der Waals surface area contributed by atoms with Gasteiger partial charge in [-0.2, -0.15) is 4.31 Å². The first-order valence-corrected chi connectivity index (χ1v) is 9.81. The van der Waals surface area contributed by atoms with Crippen LogP contribution in [0.1, 0.15) is 19.5 Å². The van der Waals surface area contributed by atoms with Crippen molar-refractivity contribution in [2.24, 2.45) is 0 Å². The van der Waals surface area contributed by atoms with Gasteiger partial charge in [-0.3, -0.25) is 9.78 Å². The number of nitrogens with zero attached hydrogens (tertiary/aromatic N) is 2. The maximum Gasteiger partial charge on any atom is 0.258 e. The molecular formula is C18H23N3O4S. The Morgan fingerprint density at radius 1 is 1.12 bits per heavy atom. The number of carbonyl (C=O) groups is 1. The summed E-state index contributed by atoms with van der Waals surface area (Å²) < 4.78 is 31.6. The van der Waals surface area contributed by atoms with Gasteiger partial charge in [0.25, 0.3) is 5.91 Å². The van der Waals surface area contributed by atoms with Crippen LogP contribution in [0.15, 0.2) is 53.6 Å². The number of ether oxygens (including phenoxy) is 1. The molecule has 26 heavy (non-hydrogen) atoms. The number of rotatable bonds is 9. The Kier molecular flexibility index (Phi) is 7.11. The third-order valence-corrected chi connectivity index (χ3v) is 5.79. The number of aromatic nitrogens is 1. The molecule has 0 aliphatic carbocycles. The normalized spacial score (nSPS) is 11.3. The molecule has 2 rings (SSSR count). The van der Waals surface area contributed by atoms with Crippen molar-refractivity contribution >= 4 is 15.9 Å². The van der Waals surface area contributed by atoms with E-state index in [0.717, 1.165) is 5.69 Å². The smallest absolute Gasteiger partial charge is 0.258 e. The molecule has 0 spiro atoms. The summed E-state index contributed by atoms with van der Waals surface area (Å²) in [7, 11) is -3.50. The highest BCUT2D eigenvalue weighted by molar-refractivity contribution is 7.89. The monoisotopic (exact) mass is 377 g/mol. The highest BCUT2D eigenvalue weighted by Crippen LogP contribution is 2.19. The average molecular weight is 377 g/mol. The van der Waals surface area contributed by atoms with E-state index in [2.05, 4.69) is 10.3 Å². The molecule has 7 nitrogen and oxygen atoms in total. The van der Waals surface area contributed by atoms with E-state index in [-0.39, 0.29) is 17.4 Å². The largest absolute Gasteiger partial charge is 0.484 e. The molecule has 0 saturated heterocycles. The van der Waals surface area contributed by atoms with Gasteiger partial charge in [0.15, 0.2) is 6.61 Å². The van der Waals surface area contributed by atoms with E-state index in [1.807, 2.05) is 12.1 Å². The molecular weight excluding hydrogens is 354 g/mol. The lowest BCUT2D eigenvalue weighted by Crippen LogP contribution is -2.30. The van der Waals surface area contributed by atoms with Gasteiger partial charge in [0.2, 0.25) is 10.0 Å². The van der Waals surface area contributed by atoms with Crippen LogP contribution >= 0.6 is 0 Å². The van der Waals surface area contributed by atoms with Crippen LogP contribution in [0.2, 0.25) is 0 Å². The fraction of sp³-hybridized carbons (Fsp3) is 0.333. The Balaban J connectivity index is 1.88. The maximum absolute atomic E-state index is 12.4. The first-order valence-electron chi connectivity index (χ1n) is 8.37. The van der Waals surface area contributed by atoms with Crippen LogP contribution < -0.4 is 10.1 Å². The number of amides is 1. The molecule has 0 aliphatic rings. The number of benzene rings is 1. The maximum atomic E-state index is 12.4. The van der Waals surface area contributed by atoms with Gasteiger partial charge < -0.3 is 10.1 Å². The highest BCUT2D eigenvalue weighted by atomic mass is 32.2. The Bertz CT molecular complexity index is 804. The van der Waals surface area contributed by atoms with E-state index in [9.17, 15) is 13.2 Å². The van der Waals surface area contributed by atoms with E-state index < -0.39 is 10.0 Å². The molecule has 1 N–H and O–H groups in total. The minimum Gasteiger partial charge on any atom is -0.484 e.